The summed E-state index contributed by atoms with van der Waals surface area (Å²) < 4.78 is 0. The van der Waals surface area contributed by atoms with Crippen LogP contribution in [0.3, 0.4) is 0 Å². The quantitative estimate of drug-likeness (QED) is 0.891. The topological polar surface area (TPSA) is 38.9 Å². The summed E-state index contributed by atoms with van der Waals surface area (Å²) in [5.74, 6) is 0. The second kappa shape index (κ2) is 4.69. The summed E-state index contributed by atoms with van der Waals surface area (Å²) in [7, 11) is 0. The van der Waals surface area contributed by atoms with Crippen LogP contribution in [0.25, 0.3) is 0 Å². The molecule has 1 aliphatic rings. The van der Waals surface area contributed by atoms with Crippen molar-refractivity contribution in [1.82, 2.24) is 4.98 Å². The third-order valence-electron chi connectivity index (χ3n) is 4.29. The van der Waals surface area contributed by atoms with Crippen molar-refractivity contribution in [3.63, 3.8) is 0 Å². The minimum atomic E-state index is 0.0753. The predicted octanol–water partition coefficient (Wildman–Crippen LogP) is 3.68. The van der Waals surface area contributed by atoms with Crippen LogP contribution in [0.5, 0.6) is 0 Å². The molecule has 3 heteroatoms. The first kappa shape index (κ1) is 13.0. The first-order chi connectivity index (χ1) is 7.90. The van der Waals surface area contributed by atoms with Crippen molar-refractivity contribution in [2.24, 2.45) is 11.1 Å². The SMILES string of the molecule is Cc1ncsc1CCC1(N)CCC(C)(C)CC1. The molecular formula is C14H24N2S. The molecule has 1 aromatic rings. The van der Waals surface area contributed by atoms with Crippen LogP contribution < -0.4 is 5.73 Å². The minimum Gasteiger partial charge on any atom is -0.325 e. The lowest BCUT2D eigenvalue weighted by atomic mass is 9.68. The zero-order valence-electron chi connectivity index (χ0n) is 11.3. The van der Waals surface area contributed by atoms with Gasteiger partial charge in [0.1, 0.15) is 0 Å². The molecule has 96 valence electrons. The van der Waals surface area contributed by atoms with Crippen molar-refractivity contribution in [3.8, 4) is 0 Å². The molecule has 0 unspecified atom stereocenters. The number of hydrogen-bond donors (Lipinski definition) is 1. The Labute approximate surface area is 109 Å². The average Bonchev–Trinajstić information content (AvgIpc) is 2.67. The zero-order valence-corrected chi connectivity index (χ0v) is 12.1. The van der Waals surface area contributed by atoms with Gasteiger partial charge in [0.25, 0.3) is 0 Å². The fourth-order valence-electron chi connectivity index (χ4n) is 2.60. The van der Waals surface area contributed by atoms with Gasteiger partial charge in [-0.25, -0.2) is 4.98 Å². The number of nitrogens with two attached hydrogens (primary N) is 1. The van der Waals surface area contributed by atoms with Crippen LogP contribution in [0, 0.1) is 12.3 Å². The summed E-state index contributed by atoms with van der Waals surface area (Å²) in [4.78, 5) is 5.72. The van der Waals surface area contributed by atoms with Gasteiger partial charge in [-0.05, 0) is 50.9 Å². The molecule has 1 fully saturated rings. The number of hydrogen-bond acceptors (Lipinski definition) is 3. The van der Waals surface area contributed by atoms with Crippen molar-refractivity contribution >= 4 is 11.3 Å². The Kier molecular flexibility index (Phi) is 3.60. The van der Waals surface area contributed by atoms with Gasteiger partial charge >= 0.3 is 0 Å². The van der Waals surface area contributed by atoms with E-state index in [4.69, 9.17) is 5.73 Å². The summed E-state index contributed by atoms with van der Waals surface area (Å²) in [6.07, 6.45) is 7.12. The van der Waals surface area contributed by atoms with Gasteiger partial charge in [-0.15, -0.1) is 11.3 Å². The Morgan fingerprint density at radius 1 is 1.29 bits per heavy atom. The highest BCUT2D eigenvalue weighted by Gasteiger charge is 2.34. The van der Waals surface area contributed by atoms with Crippen LogP contribution in [0.15, 0.2) is 5.51 Å². The molecule has 0 aromatic carbocycles. The molecule has 1 aromatic heterocycles. The molecule has 0 amide bonds. The van der Waals surface area contributed by atoms with E-state index in [-0.39, 0.29) is 5.54 Å². The van der Waals surface area contributed by atoms with Gasteiger partial charge in [0.15, 0.2) is 0 Å². The van der Waals surface area contributed by atoms with Gasteiger partial charge in [0.2, 0.25) is 0 Å². The summed E-state index contributed by atoms with van der Waals surface area (Å²) in [5, 5.41) is 0. The molecule has 0 atom stereocenters. The Bertz CT molecular complexity index is 371. The third-order valence-corrected chi connectivity index (χ3v) is 5.29. The predicted molar refractivity (Wildman–Crippen MR) is 74.3 cm³/mol. The average molecular weight is 252 g/mol. The first-order valence-electron chi connectivity index (χ1n) is 6.58. The Morgan fingerprint density at radius 3 is 2.47 bits per heavy atom. The molecule has 2 nitrogen and oxygen atoms in total. The lowest BCUT2D eigenvalue weighted by molar-refractivity contribution is 0.158. The van der Waals surface area contributed by atoms with E-state index in [1.165, 1.54) is 36.3 Å². The van der Waals surface area contributed by atoms with E-state index in [1.54, 1.807) is 11.3 Å². The van der Waals surface area contributed by atoms with Gasteiger partial charge in [-0.2, -0.15) is 0 Å². The maximum atomic E-state index is 6.53. The summed E-state index contributed by atoms with van der Waals surface area (Å²) in [6, 6.07) is 0. The fraction of sp³-hybridized carbons (Fsp3) is 0.786. The molecule has 1 saturated carbocycles. The normalized spacial score (nSPS) is 22.6. The van der Waals surface area contributed by atoms with Crippen LogP contribution in [-0.4, -0.2) is 10.5 Å². The number of thiazole rings is 1. The molecule has 0 bridgehead atoms. The Hall–Kier alpha value is -0.410. The molecule has 17 heavy (non-hydrogen) atoms. The highest BCUT2D eigenvalue weighted by Crippen LogP contribution is 2.40. The molecule has 1 heterocycles. The second-order valence-corrected chi connectivity index (χ2v) is 7.33. The van der Waals surface area contributed by atoms with Crippen LogP contribution >= 0.6 is 11.3 Å². The lowest BCUT2D eigenvalue weighted by Gasteiger charge is -2.41. The minimum absolute atomic E-state index is 0.0753. The van der Waals surface area contributed by atoms with E-state index < -0.39 is 0 Å². The van der Waals surface area contributed by atoms with E-state index >= 15 is 0 Å². The highest BCUT2D eigenvalue weighted by atomic mass is 32.1. The van der Waals surface area contributed by atoms with E-state index in [2.05, 4.69) is 25.8 Å². The maximum absolute atomic E-state index is 6.53. The Balaban J connectivity index is 1.89. The van der Waals surface area contributed by atoms with Crippen molar-refractivity contribution in [2.75, 3.05) is 0 Å². The van der Waals surface area contributed by atoms with Gasteiger partial charge < -0.3 is 5.73 Å². The van der Waals surface area contributed by atoms with Gasteiger partial charge in [-0.3, -0.25) is 0 Å². The van der Waals surface area contributed by atoms with Gasteiger partial charge in [0.05, 0.1) is 11.2 Å². The largest absolute Gasteiger partial charge is 0.325 e. The molecule has 0 spiro atoms. The number of rotatable bonds is 3. The number of aromatic nitrogens is 1. The number of nitrogens with zero attached hydrogens (tertiary/aromatic N) is 1. The third kappa shape index (κ3) is 3.29. The summed E-state index contributed by atoms with van der Waals surface area (Å²) in [5.41, 5.74) is 10.2. The standard InChI is InChI=1S/C14H24N2S/c1-11-12(17-10-16-11)4-5-14(15)8-6-13(2,3)7-9-14/h10H,4-9,15H2,1-3H3. The van der Waals surface area contributed by atoms with E-state index in [0.717, 1.165) is 12.8 Å². The van der Waals surface area contributed by atoms with Crippen molar-refractivity contribution in [2.45, 2.75) is 64.8 Å². The van der Waals surface area contributed by atoms with Crippen molar-refractivity contribution in [1.29, 1.82) is 0 Å². The molecule has 2 rings (SSSR count). The van der Waals surface area contributed by atoms with Crippen LogP contribution in [-0.2, 0) is 6.42 Å². The molecule has 2 N–H and O–H groups in total. The zero-order chi connectivity index (χ0) is 12.5. The lowest BCUT2D eigenvalue weighted by Crippen LogP contribution is -2.45. The van der Waals surface area contributed by atoms with Crippen molar-refractivity contribution < 1.29 is 0 Å². The van der Waals surface area contributed by atoms with E-state index in [0.29, 0.717) is 5.41 Å². The highest BCUT2D eigenvalue weighted by molar-refractivity contribution is 7.09. The molecule has 0 aliphatic heterocycles. The van der Waals surface area contributed by atoms with E-state index in [9.17, 15) is 0 Å². The van der Waals surface area contributed by atoms with Crippen LogP contribution in [0.4, 0.5) is 0 Å². The second-order valence-electron chi connectivity index (χ2n) is 6.39. The summed E-state index contributed by atoms with van der Waals surface area (Å²) in [6.45, 7) is 6.82. The monoisotopic (exact) mass is 252 g/mol. The van der Waals surface area contributed by atoms with Gasteiger partial charge in [0, 0.05) is 10.4 Å². The first-order valence-corrected chi connectivity index (χ1v) is 7.46. The fourth-order valence-corrected chi connectivity index (χ4v) is 3.38. The van der Waals surface area contributed by atoms with Crippen LogP contribution in [0.1, 0.15) is 56.5 Å². The van der Waals surface area contributed by atoms with Crippen molar-refractivity contribution in [3.05, 3.63) is 16.1 Å². The smallest absolute Gasteiger partial charge is 0.0797 e. The number of aryl methyl sites for hydroxylation is 2. The Morgan fingerprint density at radius 2 is 1.94 bits per heavy atom. The maximum Gasteiger partial charge on any atom is 0.0797 e. The molecular weight excluding hydrogens is 228 g/mol. The molecule has 0 saturated heterocycles. The van der Waals surface area contributed by atoms with E-state index in [1.807, 2.05) is 5.51 Å². The molecule has 1 aliphatic carbocycles. The van der Waals surface area contributed by atoms with Crippen LogP contribution in [0.2, 0.25) is 0 Å². The summed E-state index contributed by atoms with van der Waals surface area (Å²) >= 11 is 1.77. The molecule has 0 radical (unpaired) electrons. The van der Waals surface area contributed by atoms with Gasteiger partial charge in [-0.1, -0.05) is 13.8 Å².